The highest BCUT2D eigenvalue weighted by molar-refractivity contribution is 6.32. The number of benzodiazepines with no additional fused rings is 1. The van der Waals surface area contributed by atoms with Crippen molar-refractivity contribution in [2.24, 2.45) is 4.99 Å². The molecule has 1 aliphatic heterocycles. The van der Waals surface area contributed by atoms with E-state index in [1.165, 1.54) is 0 Å². The number of anilines is 1. The molecule has 1 heterocycles. The third-order valence-electron chi connectivity index (χ3n) is 4.17. The molecule has 3 rings (SSSR count). The van der Waals surface area contributed by atoms with Gasteiger partial charge in [-0.2, -0.15) is 0 Å². The Hall–Kier alpha value is -2.66. The molecule has 0 radical (unpaired) electrons. The van der Waals surface area contributed by atoms with Crippen molar-refractivity contribution in [1.29, 1.82) is 0 Å². The van der Waals surface area contributed by atoms with Gasteiger partial charge in [0.2, 0.25) is 0 Å². The summed E-state index contributed by atoms with van der Waals surface area (Å²) >= 11 is 6.17. The average molecular weight is 371 g/mol. The van der Waals surface area contributed by atoms with E-state index >= 15 is 0 Å². The topological polar surface area (TPSA) is 67.8 Å². The van der Waals surface area contributed by atoms with Gasteiger partial charge in [-0.25, -0.2) is 0 Å². The second-order valence-electron chi connectivity index (χ2n) is 6.23. The van der Waals surface area contributed by atoms with Crippen LogP contribution in [0.15, 0.2) is 53.5 Å². The Morgan fingerprint density at radius 3 is 2.65 bits per heavy atom. The van der Waals surface area contributed by atoms with Gasteiger partial charge in [-0.1, -0.05) is 41.9 Å². The van der Waals surface area contributed by atoms with Crippen LogP contribution in [-0.2, 0) is 14.3 Å². The number of hydrogen-bond donors (Lipinski definition) is 1. The summed E-state index contributed by atoms with van der Waals surface area (Å²) in [7, 11) is 0. The molecule has 6 heteroatoms. The monoisotopic (exact) mass is 370 g/mol. The molecule has 0 spiro atoms. The SMILES string of the molecule is CCOC(=O)C[C@@]1(C)N=C(c2ccccc2)c2cc(Cl)ccc2NC1=O. The van der Waals surface area contributed by atoms with E-state index in [9.17, 15) is 9.59 Å². The van der Waals surface area contributed by atoms with Crippen molar-refractivity contribution in [3.8, 4) is 0 Å². The molecule has 1 aliphatic rings. The molecule has 5 nitrogen and oxygen atoms in total. The standard InChI is InChI=1S/C20H19ClN2O3/c1-3-26-17(24)12-20(2)19(25)22-16-10-9-14(21)11-15(16)18(23-20)13-7-5-4-6-8-13/h4-11H,3,12H2,1-2H3,(H,22,25)/t20-/m1/s1. The first-order valence-corrected chi connectivity index (χ1v) is 8.73. The smallest absolute Gasteiger partial charge is 0.308 e. The van der Waals surface area contributed by atoms with Crippen LogP contribution in [0.5, 0.6) is 0 Å². The van der Waals surface area contributed by atoms with Crippen LogP contribution in [0.25, 0.3) is 0 Å². The van der Waals surface area contributed by atoms with E-state index in [1.807, 2.05) is 30.3 Å². The number of halogens is 1. The number of fused-ring (bicyclic) bond motifs is 1. The molecule has 0 saturated carbocycles. The number of benzene rings is 2. The Bertz CT molecular complexity index is 880. The van der Waals surface area contributed by atoms with Gasteiger partial charge in [0.05, 0.1) is 24.4 Å². The van der Waals surface area contributed by atoms with Gasteiger partial charge in [0.15, 0.2) is 0 Å². The lowest BCUT2D eigenvalue weighted by atomic mass is 9.96. The van der Waals surface area contributed by atoms with Crippen LogP contribution in [-0.4, -0.2) is 29.7 Å². The van der Waals surface area contributed by atoms with E-state index in [1.54, 1.807) is 32.0 Å². The minimum Gasteiger partial charge on any atom is -0.466 e. The summed E-state index contributed by atoms with van der Waals surface area (Å²) in [6, 6.07) is 14.7. The van der Waals surface area contributed by atoms with Crippen LogP contribution in [0.4, 0.5) is 5.69 Å². The van der Waals surface area contributed by atoms with E-state index in [0.717, 1.165) is 5.56 Å². The number of carbonyl (C=O) groups excluding carboxylic acids is 2. The molecule has 0 aromatic heterocycles. The fraction of sp³-hybridized carbons (Fsp3) is 0.250. The Morgan fingerprint density at radius 1 is 1.23 bits per heavy atom. The molecule has 2 aromatic rings. The normalized spacial score (nSPS) is 19.0. The number of aliphatic imine (C=N–C) groups is 1. The molecule has 1 atom stereocenters. The van der Waals surface area contributed by atoms with E-state index in [4.69, 9.17) is 21.3 Å². The fourth-order valence-electron chi connectivity index (χ4n) is 2.87. The molecule has 0 fully saturated rings. The molecule has 1 amide bonds. The maximum atomic E-state index is 12.8. The molecule has 2 aromatic carbocycles. The van der Waals surface area contributed by atoms with Crippen LogP contribution in [0, 0.1) is 0 Å². The predicted octanol–water partition coefficient (Wildman–Crippen LogP) is 3.84. The van der Waals surface area contributed by atoms with Gasteiger partial charge < -0.3 is 10.1 Å². The number of hydrogen-bond acceptors (Lipinski definition) is 4. The van der Waals surface area contributed by atoms with Crippen molar-refractivity contribution in [3.05, 3.63) is 64.7 Å². The highest BCUT2D eigenvalue weighted by atomic mass is 35.5. The number of rotatable bonds is 4. The number of amides is 1. The van der Waals surface area contributed by atoms with Crippen molar-refractivity contribution in [2.45, 2.75) is 25.8 Å². The number of esters is 1. The third kappa shape index (κ3) is 3.63. The summed E-state index contributed by atoms with van der Waals surface area (Å²) in [5, 5.41) is 3.41. The van der Waals surface area contributed by atoms with Crippen LogP contribution in [0.3, 0.4) is 0 Å². The third-order valence-corrected chi connectivity index (χ3v) is 4.41. The molecule has 1 N–H and O–H groups in total. The van der Waals surface area contributed by atoms with E-state index in [-0.39, 0.29) is 18.9 Å². The lowest BCUT2D eigenvalue weighted by molar-refractivity contribution is -0.146. The van der Waals surface area contributed by atoms with Gasteiger partial charge >= 0.3 is 5.97 Å². The number of nitrogens with zero attached hydrogens (tertiary/aromatic N) is 1. The van der Waals surface area contributed by atoms with E-state index in [2.05, 4.69) is 5.32 Å². The fourth-order valence-corrected chi connectivity index (χ4v) is 3.04. The summed E-state index contributed by atoms with van der Waals surface area (Å²) in [6.45, 7) is 3.61. The summed E-state index contributed by atoms with van der Waals surface area (Å²) < 4.78 is 5.03. The quantitative estimate of drug-likeness (QED) is 0.831. The lowest BCUT2D eigenvalue weighted by Gasteiger charge is -2.22. The van der Waals surface area contributed by atoms with Gasteiger partial charge in [-0.15, -0.1) is 0 Å². The van der Waals surface area contributed by atoms with Crippen molar-refractivity contribution in [3.63, 3.8) is 0 Å². The summed E-state index contributed by atoms with van der Waals surface area (Å²) in [5.41, 5.74) is 1.47. The zero-order chi connectivity index (χ0) is 18.7. The minimum absolute atomic E-state index is 0.148. The molecule has 134 valence electrons. The van der Waals surface area contributed by atoms with Crippen LogP contribution < -0.4 is 5.32 Å². The second-order valence-corrected chi connectivity index (χ2v) is 6.66. The summed E-state index contributed by atoms with van der Waals surface area (Å²) in [4.78, 5) is 29.6. The molecular weight excluding hydrogens is 352 g/mol. The maximum absolute atomic E-state index is 12.8. The van der Waals surface area contributed by atoms with Crippen LogP contribution >= 0.6 is 11.6 Å². The first-order chi connectivity index (χ1) is 12.4. The van der Waals surface area contributed by atoms with Crippen LogP contribution in [0.1, 0.15) is 31.4 Å². The van der Waals surface area contributed by atoms with Crippen molar-refractivity contribution in [2.75, 3.05) is 11.9 Å². The maximum Gasteiger partial charge on any atom is 0.308 e. The first kappa shape index (κ1) is 18.1. The van der Waals surface area contributed by atoms with E-state index in [0.29, 0.717) is 22.0 Å². The number of carbonyl (C=O) groups is 2. The molecule has 26 heavy (non-hydrogen) atoms. The lowest BCUT2D eigenvalue weighted by Crippen LogP contribution is -2.40. The zero-order valence-electron chi connectivity index (χ0n) is 14.6. The zero-order valence-corrected chi connectivity index (χ0v) is 15.3. The van der Waals surface area contributed by atoms with Crippen LogP contribution in [0.2, 0.25) is 5.02 Å². The Labute approximate surface area is 157 Å². The highest BCUT2D eigenvalue weighted by Gasteiger charge is 2.39. The second kappa shape index (κ2) is 7.30. The van der Waals surface area contributed by atoms with Gasteiger partial charge in [0.1, 0.15) is 5.54 Å². The Balaban J connectivity index is 2.16. The Morgan fingerprint density at radius 2 is 1.96 bits per heavy atom. The van der Waals surface area contributed by atoms with Crippen molar-refractivity contribution >= 4 is 34.9 Å². The van der Waals surface area contributed by atoms with Gasteiger partial charge in [0.25, 0.3) is 5.91 Å². The Kier molecular flexibility index (Phi) is 5.09. The predicted molar refractivity (Wildman–Crippen MR) is 102 cm³/mol. The summed E-state index contributed by atoms with van der Waals surface area (Å²) in [6.07, 6.45) is -0.148. The van der Waals surface area contributed by atoms with Gasteiger partial charge in [0, 0.05) is 16.1 Å². The van der Waals surface area contributed by atoms with E-state index < -0.39 is 11.5 Å². The van der Waals surface area contributed by atoms with Gasteiger partial charge in [-0.05, 0) is 32.0 Å². The number of ether oxygens (including phenoxy) is 1. The molecule has 0 unspecified atom stereocenters. The average Bonchev–Trinajstić information content (AvgIpc) is 2.71. The summed E-state index contributed by atoms with van der Waals surface area (Å²) in [5.74, 6) is -0.828. The number of nitrogens with one attached hydrogen (secondary N) is 1. The molecule has 0 saturated heterocycles. The molecular formula is C20H19ClN2O3. The highest BCUT2D eigenvalue weighted by Crippen LogP contribution is 2.31. The molecule has 0 bridgehead atoms. The largest absolute Gasteiger partial charge is 0.466 e. The first-order valence-electron chi connectivity index (χ1n) is 8.35. The van der Waals surface area contributed by atoms with Gasteiger partial charge in [-0.3, -0.25) is 14.6 Å². The minimum atomic E-state index is -1.29. The molecule has 0 aliphatic carbocycles. The van der Waals surface area contributed by atoms with Crippen molar-refractivity contribution < 1.29 is 14.3 Å². The van der Waals surface area contributed by atoms with Crippen molar-refractivity contribution in [1.82, 2.24) is 0 Å².